The predicted octanol–water partition coefficient (Wildman–Crippen LogP) is 3.50. The third-order valence-corrected chi connectivity index (χ3v) is 5.78. The minimum atomic E-state index is -1.05. The zero-order chi connectivity index (χ0) is 20.0. The summed E-state index contributed by atoms with van der Waals surface area (Å²) >= 11 is 7.91. The lowest BCUT2D eigenvalue weighted by molar-refractivity contribution is -0.145. The standard InChI is InChI=1S/C18H21NO5S3/c1-4-24-13-6-5-11(9-14(13)23-2)10-15-16(20)19(18(25)27-15)12(17(21)22)7-8-26-3/h5-6,9-10,12H,4,7-8H2,1-3H3,(H,21,22)/b15-10-/t12-/m0/s1. The van der Waals surface area contributed by atoms with Crippen LogP contribution in [-0.4, -0.2) is 58.0 Å². The fraction of sp³-hybridized carbons (Fsp3) is 0.389. The van der Waals surface area contributed by atoms with Gasteiger partial charge in [-0.05, 0) is 49.1 Å². The predicted molar refractivity (Wildman–Crippen MR) is 114 cm³/mol. The molecule has 1 heterocycles. The number of carboxylic acid groups (broad SMARTS) is 1. The molecule has 146 valence electrons. The molecule has 9 heteroatoms. The Hall–Kier alpha value is -1.71. The van der Waals surface area contributed by atoms with Gasteiger partial charge in [0.05, 0.1) is 18.6 Å². The minimum Gasteiger partial charge on any atom is -0.493 e. The van der Waals surface area contributed by atoms with E-state index in [2.05, 4.69) is 0 Å². The Morgan fingerprint density at radius 3 is 2.78 bits per heavy atom. The number of rotatable bonds is 9. The Kier molecular flexibility index (Phi) is 8.00. The van der Waals surface area contributed by atoms with Crippen LogP contribution in [0.4, 0.5) is 0 Å². The lowest BCUT2D eigenvalue weighted by atomic mass is 10.1. The number of carbonyl (C=O) groups excluding carboxylic acids is 1. The molecule has 0 spiro atoms. The maximum absolute atomic E-state index is 12.8. The number of ether oxygens (including phenoxy) is 2. The van der Waals surface area contributed by atoms with Gasteiger partial charge >= 0.3 is 5.97 Å². The van der Waals surface area contributed by atoms with Gasteiger partial charge in [0, 0.05) is 0 Å². The van der Waals surface area contributed by atoms with E-state index in [9.17, 15) is 14.7 Å². The van der Waals surface area contributed by atoms with Gasteiger partial charge in [0.15, 0.2) is 11.5 Å². The average Bonchev–Trinajstić information content (AvgIpc) is 2.91. The number of thioether (sulfide) groups is 2. The Morgan fingerprint density at radius 1 is 1.44 bits per heavy atom. The summed E-state index contributed by atoms with van der Waals surface area (Å²) in [5, 5.41) is 9.50. The van der Waals surface area contributed by atoms with Gasteiger partial charge in [-0.1, -0.05) is 30.0 Å². The molecule has 1 aromatic rings. The first-order valence-corrected chi connectivity index (χ1v) is 10.8. The first-order valence-electron chi connectivity index (χ1n) is 8.22. The molecule has 0 radical (unpaired) electrons. The number of nitrogens with zero attached hydrogens (tertiary/aromatic N) is 1. The number of amides is 1. The van der Waals surface area contributed by atoms with E-state index in [1.165, 1.54) is 16.7 Å². The molecule has 27 heavy (non-hydrogen) atoms. The monoisotopic (exact) mass is 427 g/mol. The molecule has 1 amide bonds. The van der Waals surface area contributed by atoms with Crippen molar-refractivity contribution in [1.29, 1.82) is 0 Å². The van der Waals surface area contributed by atoms with Crippen molar-refractivity contribution in [2.24, 2.45) is 0 Å². The number of benzene rings is 1. The lowest BCUT2D eigenvalue weighted by Gasteiger charge is -2.22. The third-order valence-electron chi connectivity index (χ3n) is 3.80. The molecule has 1 fully saturated rings. The molecule has 0 unspecified atom stereocenters. The summed E-state index contributed by atoms with van der Waals surface area (Å²) in [5.74, 6) is 0.372. The average molecular weight is 428 g/mol. The van der Waals surface area contributed by atoms with Crippen molar-refractivity contribution in [2.75, 3.05) is 25.7 Å². The number of thiocarbonyl (C=S) groups is 1. The van der Waals surface area contributed by atoms with Crippen LogP contribution in [-0.2, 0) is 9.59 Å². The summed E-state index contributed by atoms with van der Waals surface area (Å²) in [4.78, 5) is 26.0. The molecular formula is C18H21NO5S3. The van der Waals surface area contributed by atoms with Crippen molar-refractivity contribution < 1.29 is 24.2 Å². The van der Waals surface area contributed by atoms with Gasteiger partial charge in [0.2, 0.25) is 0 Å². The molecular weight excluding hydrogens is 406 g/mol. The molecule has 0 aliphatic carbocycles. The number of carboxylic acids is 1. The van der Waals surface area contributed by atoms with Crippen LogP contribution in [0.15, 0.2) is 23.1 Å². The van der Waals surface area contributed by atoms with Crippen LogP contribution in [0, 0.1) is 0 Å². The Bertz CT molecular complexity index is 765. The van der Waals surface area contributed by atoms with E-state index in [1.807, 2.05) is 19.2 Å². The Morgan fingerprint density at radius 2 is 2.19 bits per heavy atom. The maximum atomic E-state index is 12.8. The molecule has 1 aromatic carbocycles. The number of hydrogen-bond acceptors (Lipinski definition) is 7. The van der Waals surface area contributed by atoms with Crippen LogP contribution >= 0.6 is 35.7 Å². The molecule has 6 nitrogen and oxygen atoms in total. The van der Waals surface area contributed by atoms with Gasteiger partial charge in [-0.25, -0.2) is 4.79 Å². The molecule has 0 bridgehead atoms. The summed E-state index contributed by atoms with van der Waals surface area (Å²) in [6, 6.07) is 4.39. The summed E-state index contributed by atoms with van der Waals surface area (Å²) in [6.07, 6.45) is 3.92. The van der Waals surface area contributed by atoms with Crippen LogP contribution in [0.2, 0.25) is 0 Å². The van der Waals surface area contributed by atoms with Crippen molar-refractivity contribution in [3.8, 4) is 11.5 Å². The molecule has 0 aromatic heterocycles. The lowest BCUT2D eigenvalue weighted by Crippen LogP contribution is -2.44. The van der Waals surface area contributed by atoms with Crippen molar-refractivity contribution in [3.63, 3.8) is 0 Å². The van der Waals surface area contributed by atoms with Crippen molar-refractivity contribution in [3.05, 3.63) is 28.7 Å². The smallest absolute Gasteiger partial charge is 0.326 e. The largest absolute Gasteiger partial charge is 0.493 e. The third kappa shape index (κ3) is 5.18. The topological polar surface area (TPSA) is 76.1 Å². The van der Waals surface area contributed by atoms with Crippen molar-refractivity contribution in [1.82, 2.24) is 4.90 Å². The number of methoxy groups -OCH3 is 1. The van der Waals surface area contributed by atoms with Gasteiger partial charge in [-0.3, -0.25) is 9.69 Å². The maximum Gasteiger partial charge on any atom is 0.326 e. The second-order valence-electron chi connectivity index (χ2n) is 5.53. The van der Waals surface area contributed by atoms with Gasteiger partial charge < -0.3 is 14.6 Å². The molecule has 1 aliphatic rings. The highest BCUT2D eigenvalue weighted by atomic mass is 32.2. The summed E-state index contributed by atoms with van der Waals surface area (Å²) in [7, 11) is 1.55. The molecule has 1 saturated heterocycles. The van der Waals surface area contributed by atoms with Crippen LogP contribution in [0.5, 0.6) is 11.5 Å². The van der Waals surface area contributed by atoms with E-state index in [1.54, 1.807) is 25.3 Å². The highest BCUT2D eigenvalue weighted by molar-refractivity contribution is 8.26. The van der Waals surface area contributed by atoms with Gasteiger partial charge in [0.1, 0.15) is 10.4 Å². The summed E-state index contributed by atoms with van der Waals surface area (Å²) in [6.45, 7) is 2.40. The number of hydrogen-bond donors (Lipinski definition) is 1. The van der Waals surface area contributed by atoms with Crippen LogP contribution < -0.4 is 9.47 Å². The summed E-state index contributed by atoms with van der Waals surface area (Å²) < 4.78 is 11.1. The quantitative estimate of drug-likeness (QED) is 0.474. The summed E-state index contributed by atoms with van der Waals surface area (Å²) in [5.41, 5.74) is 0.742. The van der Waals surface area contributed by atoms with Gasteiger partial charge in [-0.15, -0.1) is 0 Å². The number of carbonyl (C=O) groups is 2. The molecule has 1 N–H and O–H groups in total. The normalized spacial score (nSPS) is 16.7. The second kappa shape index (κ2) is 10.0. The van der Waals surface area contributed by atoms with Gasteiger partial charge in [0.25, 0.3) is 5.91 Å². The highest BCUT2D eigenvalue weighted by Crippen LogP contribution is 2.36. The highest BCUT2D eigenvalue weighted by Gasteiger charge is 2.40. The molecule has 0 saturated carbocycles. The van der Waals surface area contributed by atoms with Crippen molar-refractivity contribution in [2.45, 2.75) is 19.4 Å². The Labute approximate surface area is 172 Å². The molecule has 2 rings (SSSR count). The van der Waals surface area contributed by atoms with E-state index in [0.29, 0.717) is 35.2 Å². The fourth-order valence-electron chi connectivity index (χ4n) is 2.54. The fourth-order valence-corrected chi connectivity index (χ4v) is 4.36. The zero-order valence-corrected chi connectivity index (χ0v) is 17.7. The Balaban J connectivity index is 2.28. The zero-order valence-electron chi connectivity index (χ0n) is 15.3. The number of aliphatic carboxylic acids is 1. The SMILES string of the molecule is CCOc1ccc(/C=C2\SC(=S)N([C@@H](CCSC)C(=O)O)C2=O)cc1OC. The van der Waals surface area contributed by atoms with Crippen LogP contribution in [0.25, 0.3) is 6.08 Å². The first-order chi connectivity index (χ1) is 12.9. The van der Waals surface area contributed by atoms with E-state index in [0.717, 1.165) is 17.3 Å². The molecule has 1 atom stereocenters. The second-order valence-corrected chi connectivity index (χ2v) is 8.19. The van der Waals surface area contributed by atoms with E-state index in [4.69, 9.17) is 21.7 Å². The minimum absolute atomic E-state index is 0.262. The van der Waals surface area contributed by atoms with E-state index < -0.39 is 12.0 Å². The van der Waals surface area contributed by atoms with E-state index >= 15 is 0 Å². The van der Waals surface area contributed by atoms with Crippen LogP contribution in [0.1, 0.15) is 18.9 Å². The van der Waals surface area contributed by atoms with Crippen LogP contribution in [0.3, 0.4) is 0 Å². The first kappa shape index (κ1) is 21.6. The molecule has 1 aliphatic heterocycles. The van der Waals surface area contributed by atoms with Crippen molar-refractivity contribution >= 4 is 58.0 Å². The van der Waals surface area contributed by atoms with E-state index in [-0.39, 0.29) is 10.2 Å². The van der Waals surface area contributed by atoms with Gasteiger partial charge in [-0.2, -0.15) is 11.8 Å².